The Morgan fingerprint density at radius 1 is 0.966 bits per heavy atom. The zero-order valence-electron chi connectivity index (χ0n) is 15.6. The van der Waals surface area contributed by atoms with Crippen molar-refractivity contribution in [3.63, 3.8) is 0 Å². The van der Waals surface area contributed by atoms with Crippen LogP contribution in [0.15, 0.2) is 65.6 Å². The average molecular weight is 453 g/mol. The summed E-state index contributed by atoms with van der Waals surface area (Å²) < 4.78 is 23.0. The number of halogens is 2. The number of amides is 2. The first kappa shape index (κ1) is 22.7. The summed E-state index contributed by atoms with van der Waals surface area (Å²) in [6.07, 6.45) is 7.50. The number of nitrogens with one attached hydrogen (secondary N) is 2. The van der Waals surface area contributed by atoms with Crippen LogP contribution in [0.3, 0.4) is 0 Å². The van der Waals surface area contributed by atoms with E-state index in [-0.39, 0.29) is 32.1 Å². The fraction of sp³-hybridized carbons (Fsp3) is 0.100. The molecule has 0 heterocycles. The molecule has 0 saturated carbocycles. The first-order valence-electron chi connectivity index (χ1n) is 8.32. The van der Waals surface area contributed by atoms with Gasteiger partial charge in [-0.15, -0.1) is 0 Å². The van der Waals surface area contributed by atoms with Gasteiger partial charge in [0.2, 0.25) is 5.91 Å². The summed E-state index contributed by atoms with van der Waals surface area (Å²) in [7, 11) is -3.36. The molecular weight excluding hydrogens is 435 g/mol. The van der Waals surface area contributed by atoms with Crippen LogP contribution in [-0.2, 0) is 14.6 Å². The zero-order chi connectivity index (χ0) is 21.6. The van der Waals surface area contributed by atoms with Gasteiger partial charge >= 0.3 is 0 Å². The number of hydrogen-bond acceptors (Lipinski definition) is 4. The largest absolute Gasteiger partial charge is 0.322 e. The molecule has 9 heteroatoms. The van der Waals surface area contributed by atoms with Gasteiger partial charge in [0.25, 0.3) is 5.91 Å². The second kappa shape index (κ2) is 9.73. The van der Waals surface area contributed by atoms with E-state index in [0.717, 1.165) is 6.26 Å². The highest BCUT2D eigenvalue weighted by molar-refractivity contribution is 7.90. The predicted octanol–water partition coefficient (Wildman–Crippen LogP) is 4.72. The Hall–Kier alpha value is -2.61. The average Bonchev–Trinajstić information content (AvgIpc) is 2.64. The third-order valence-corrected chi connectivity index (χ3v) is 5.37. The lowest BCUT2D eigenvalue weighted by Gasteiger charge is -2.12. The van der Waals surface area contributed by atoms with Crippen LogP contribution in [0.4, 0.5) is 11.4 Å². The van der Waals surface area contributed by atoms with Crippen molar-refractivity contribution in [2.75, 3.05) is 16.9 Å². The molecule has 0 spiro atoms. The number of carbonyl (C=O) groups excluding carboxylic acids is 2. The van der Waals surface area contributed by atoms with Crippen molar-refractivity contribution in [3.05, 3.63) is 76.3 Å². The van der Waals surface area contributed by atoms with Crippen LogP contribution in [0.5, 0.6) is 0 Å². The van der Waals surface area contributed by atoms with E-state index in [4.69, 9.17) is 23.2 Å². The summed E-state index contributed by atoms with van der Waals surface area (Å²) >= 11 is 12.4. The number of sulfone groups is 1. The van der Waals surface area contributed by atoms with Crippen molar-refractivity contribution in [1.29, 1.82) is 0 Å². The van der Waals surface area contributed by atoms with Crippen LogP contribution in [-0.4, -0.2) is 26.5 Å². The molecule has 152 valence electrons. The minimum atomic E-state index is -3.36. The number of carbonyl (C=O) groups is 2. The van der Waals surface area contributed by atoms with Crippen molar-refractivity contribution in [2.24, 2.45) is 0 Å². The zero-order valence-corrected chi connectivity index (χ0v) is 17.9. The van der Waals surface area contributed by atoms with Gasteiger partial charge in [0.1, 0.15) is 0 Å². The molecule has 29 heavy (non-hydrogen) atoms. The van der Waals surface area contributed by atoms with E-state index < -0.39 is 15.7 Å². The molecule has 0 saturated heterocycles. The highest BCUT2D eigenvalue weighted by Gasteiger charge is 2.15. The molecule has 0 radical (unpaired) electrons. The molecule has 0 atom stereocenters. The second-order valence-electron chi connectivity index (χ2n) is 5.94. The molecule has 2 amide bonds. The summed E-state index contributed by atoms with van der Waals surface area (Å²) in [5.41, 5.74) is 0.773. The molecule has 2 aromatic carbocycles. The summed E-state index contributed by atoms with van der Waals surface area (Å²) in [5, 5.41) is 5.47. The molecule has 0 bridgehead atoms. The Morgan fingerprint density at radius 3 is 2.07 bits per heavy atom. The van der Waals surface area contributed by atoms with E-state index in [1.54, 1.807) is 18.2 Å². The lowest BCUT2D eigenvalue weighted by atomic mass is 10.2. The van der Waals surface area contributed by atoms with Crippen molar-refractivity contribution in [2.45, 2.75) is 11.8 Å². The highest BCUT2D eigenvalue weighted by atomic mass is 35.5. The number of anilines is 2. The second-order valence-corrected chi connectivity index (χ2v) is 8.77. The van der Waals surface area contributed by atoms with Crippen LogP contribution >= 0.6 is 23.2 Å². The Kier molecular flexibility index (Phi) is 7.61. The molecule has 0 aromatic heterocycles. The molecule has 6 nitrogen and oxygen atoms in total. The molecule has 0 aliphatic rings. The van der Waals surface area contributed by atoms with E-state index >= 15 is 0 Å². The van der Waals surface area contributed by atoms with E-state index in [1.165, 1.54) is 42.5 Å². The number of rotatable bonds is 6. The molecule has 0 unspecified atom stereocenters. The summed E-state index contributed by atoms with van der Waals surface area (Å²) in [6.45, 7) is 1.83. The van der Waals surface area contributed by atoms with Crippen LogP contribution in [0.25, 0.3) is 0 Å². The first-order valence-corrected chi connectivity index (χ1v) is 11.0. The number of hydrogen-bond donors (Lipinski definition) is 2. The smallest absolute Gasteiger partial charge is 0.255 e. The van der Waals surface area contributed by atoms with Gasteiger partial charge in [0.05, 0.1) is 20.6 Å². The fourth-order valence-corrected chi connectivity index (χ4v) is 3.45. The van der Waals surface area contributed by atoms with Crippen LogP contribution in [0.1, 0.15) is 17.3 Å². The SMILES string of the molecule is CC=CC=CC(=O)Nc1cc(Cl)c(NC(=O)c2ccc(S(C)(=O)=O)cc2)c(Cl)c1. The van der Waals surface area contributed by atoms with E-state index in [0.29, 0.717) is 5.69 Å². The first-order chi connectivity index (χ1) is 13.6. The van der Waals surface area contributed by atoms with Crippen molar-refractivity contribution >= 4 is 56.2 Å². The van der Waals surface area contributed by atoms with Gasteiger partial charge in [-0.1, -0.05) is 41.4 Å². The van der Waals surface area contributed by atoms with Crippen molar-refractivity contribution in [1.82, 2.24) is 0 Å². The molecule has 0 aliphatic carbocycles. The Balaban J connectivity index is 2.17. The lowest BCUT2D eigenvalue weighted by Crippen LogP contribution is -2.13. The van der Waals surface area contributed by atoms with E-state index in [9.17, 15) is 18.0 Å². The summed E-state index contributed by atoms with van der Waals surface area (Å²) in [4.78, 5) is 24.4. The molecule has 2 rings (SSSR count). The standard InChI is InChI=1S/C20H18Cl2N2O4S/c1-3-4-5-6-18(25)23-14-11-16(21)19(17(22)12-14)24-20(26)13-7-9-15(10-8-13)29(2,27)28/h3-12H,1-2H3,(H,23,25)(H,24,26). The Morgan fingerprint density at radius 2 is 1.55 bits per heavy atom. The molecular formula is C20H18Cl2N2O4S. The van der Waals surface area contributed by atoms with Gasteiger partial charge in [0, 0.05) is 23.6 Å². The maximum absolute atomic E-state index is 12.4. The van der Waals surface area contributed by atoms with Gasteiger partial charge in [-0.3, -0.25) is 9.59 Å². The quantitative estimate of drug-likeness (QED) is 0.489. The maximum atomic E-state index is 12.4. The Labute approximate surface area is 179 Å². The number of benzene rings is 2. The third-order valence-electron chi connectivity index (χ3n) is 3.64. The summed E-state index contributed by atoms with van der Waals surface area (Å²) in [6, 6.07) is 8.37. The maximum Gasteiger partial charge on any atom is 0.255 e. The topological polar surface area (TPSA) is 92.3 Å². The number of allylic oxidation sites excluding steroid dienone is 3. The third kappa shape index (κ3) is 6.45. The van der Waals surface area contributed by atoms with Crippen molar-refractivity contribution < 1.29 is 18.0 Å². The normalized spacial score (nSPS) is 11.7. The van der Waals surface area contributed by atoms with Gasteiger partial charge < -0.3 is 10.6 Å². The highest BCUT2D eigenvalue weighted by Crippen LogP contribution is 2.34. The van der Waals surface area contributed by atoms with Crippen LogP contribution < -0.4 is 10.6 Å². The predicted molar refractivity (Wildman–Crippen MR) is 117 cm³/mol. The minimum absolute atomic E-state index is 0.105. The molecule has 0 aliphatic heterocycles. The monoisotopic (exact) mass is 452 g/mol. The van der Waals surface area contributed by atoms with Gasteiger partial charge in [-0.2, -0.15) is 0 Å². The summed E-state index contributed by atoms with van der Waals surface area (Å²) in [5.74, 6) is -0.877. The molecule has 2 N–H and O–H groups in total. The van der Waals surface area contributed by atoms with E-state index in [2.05, 4.69) is 10.6 Å². The van der Waals surface area contributed by atoms with Gasteiger partial charge in [-0.25, -0.2) is 8.42 Å². The van der Waals surface area contributed by atoms with Crippen LogP contribution in [0.2, 0.25) is 10.0 Å². The minimum Gasteiger partial charge on any atom is -0.322 e. The molecule has 2 aromatic rings. The van der Waals surface area contributed by atoms with Crippen molar-refractivity contribution in [3.8, 4) is 0 Å². The van der Waals surface area contributed by atoms with Gasteiger partial charge in [0.15, 0.2) is 9.84 Å². The van der Waals surface area contributed by atoms with Crippen LogP contribution in [0, 0.1) is 0 Å². The lowest BCUT2D eigenvalue weighted by molar-refractivity contribution is -0.111. The van der Waals surface area contributed by atoms with E-state index in [1.807, 2.05) is 6.92 Å². The Bertz CT molecular complexity index is 1070. The molecule has 0 fully saturated rings. The van der Waals surface area contributed by atoms with Gasteiger partial charge in [-0.05, 0) is 43.3 Å². The fourth-order valence-electron chi connectivity index (χ4n) is 2.24.